The molecule has 0 unspecified atom stereocenters. The van der Waals surface area contributed by atoms with Crippen molar-refractivity contribution in [2.75, 3.05) is 18.0 Å². The zero-order valence-electron chi connectivity index (χ0n) is 11.7. The van der Waals surface area contributed by atoms with Crippen LogP contribution in [0.3, 0.4) is 0 Å². The third-order valence-electron chi connectivity index (χ3n) is 3.63. The summed E-state index contributed by atoms with van der Waals surface area (Å²) in [6.45, 7) is 7.54. The maximum absolute atomic E-state index is 12.2. The molecule has 18 heavy (non-hydrogen) atoms. The van der Waals surface area contributed by atoms with Crippen molar-refractivity contribution in [1.82, 2.24) is 0 Å². The first kappa shape index (κ1) is 13.1. The van der Waals surface area contributed by atoms with Crippen LogP contribution in [0.25, 0.3) is 0 Å². The molecular formula is C16H23NO. The smallest absolute Gasteiger partial charge is 0.157 e. The second kappa shape index (κ2) is 5.13. The molecule has 1 heterocycles. The lowest BCUT2D eigenvalue weighted by atomic mass is 9.90. The summed E-state index contributed by atoms with van der Waals surface area (Å²) in [7, 11) is 0. The highest BCUT2D eigenvalue weighted by Gasteiger charge is 2.25. The Kier molecular flexibility index (Phi) is 3.74. The van der Waals surface area contributed by atoms with Gasteiger partial charge in [-0.3, -0.25) is 4.79 Å². The van der Waals surface area contributed by atoms with Crippen LogP contribution in [0.15, 0.2) is 24.3 Å². The number of ketones is 1. The van der Waals surface area contributed by atoms with Gasteiger partial charge in [-0.25, -0.2) is 0 Å². The van der Waals surface area contributed by atoms with Crippen LogP contribution in [-0.2, 0) is 11.2 Å². The van der Waals surface area contributed by atoms with Gasteiger partial charge < -0.3 is 4.90 Å². The Morgan fingerprint density at radius 2 is 1.94 bits per heavy atom. The van der Waals surface area contributed by atoms with Crippen LogP contribution in [0.4, 0.5) is 5.69 Å². The average molecular weight is 245 g/mol. The zero-order valence-corrected chi connectivity index (χ0v) is 11.7. The molecule has 2 heteroatoms. The molecule has 2 nitrogen and oxygen atoms in total. The first-order chi connectivity index (χ1) is 8.48. The first-order valence-electron chi connectivity index (χ1n) is 6.84. The third kappa shape index (κ3) is 2.92. The monoisotopic (exact) mass is 245 g/mol. The molecule has 0 radical (unpaired) electrons. The third-order valence-corrected chi connectivity index (χ3v) is 3.63. The Morgan fingerprint density at radius 1 is 1.22 bits per heavy atom. The number of rotatable bonds is 2. The topological polar surface area (TPSA) is 20.3 Å². The van der Waals surface area contributed by atoms with E-state index in [1.165, 1.54) is 24.1 Å². The van der Waals surface area contributed by atoms with Gasteiger partial charge in [0.15, 0.2) is 5.78 Å². The molecule has 1 aromatic carbocycles. The van der Waals surface area contributed by atoms with Crippen molar-refractivity contribution in [2.24, 2.45) is 5.41 Å². The van der Waals surface area contributed by atoms with E-state index in [0.29, 0.717) is 12.3 Å². The number of carbonyl (C=O) groups excluding carboxylic acids is 1. The number of fused-ring (bicyclic) bond motifs is 1. The maximum Gasteiger partial charge on any atom is 0.157 e. The van der Waals surface area contributed by atoms with E-state index in [1.54, 1.807) is 0 Å². The van der Waals surface area contributed by atoms with Crippen molar-refractivity contribution >= 4 is 11.5 Å². The minimum atomic E-state index is -0.249. The van der Waals surface area contributed by atoms with Crippen LogP contribution in [0.1, 0.15) is 39.2 Å². The summed E-state index contributed by atoms with van der Waals surface area (Å²) in [5, 5.41) is 0. The number of aryl methyl sites for hydroxylation is 1. The Bertz CT molecular complexity index is 431. The molecule has 0 N–H and O–H groups in total. The summed E-state index contributed by atoms with van der Waals surface area (Å²) >= 11 is 0. The molecule has 0 atom stereocenters. The van der Waals surface area contributed by atoms with Crippen LogP contribution in [0.5, 0.6) is 0 Å². The molecule has 0 saturated carbocycles. The van der Waals surface area contributed by atoms with E-state index in [-0.39, 0.29) is 5.41 Å². The highest BCUT2D eigenvalue weighted by Crippen LogP contribution is 2.27. The first-order valence-corrected chi connectivity index (χ1v) is 6.84. The molecule has 0 spiro atoms. The number of Topliss-reactive ketones (excluding diaryl/α,β-unsaturated/α-hetero) is 1. The highest BCUT2D eigenvalue weighted by atomic mass is 16.1. The summed E-state index contributed by atoms with van der Waals surface area (Å²) in [5.41, 5.74) is 2.39. The molecule has 0 fully saturated rings. The molecule has 98 valence electrons. The van der Waals surface area contributed by atoms with Crippen molar-refractivity contribution in [3.05, 3.63) is 29.8 Å². The molecule has 1 aromatic rings. The number of hydrogen-bond donors (Lipinski definition) is 0. The average Bonchev–Trinajstić information content (AvgIpc) is 2.51. The largest absolute Gasteiger partial charge is 0.364 e. The van der Waals surface area contributed by atoms with E-state index in [9.17, 15) is 4.79 Å². The summed E-state index contributed by atoms with van der Waals surface area (Å²) in [6, 6.07) is 8.50. The fourth-order valence-electron chi connectivity index (χ4n) is 2.34. The highest BCUT2D eigenvalue weighted by molar-refractivity contribution is 5.88. The van der Waals surface area contributed by atoms with E-state index in [2.05, 4.69) is 29.2 Å². The number of anilines is 1. The lowest BCUT2D eigenvalue weighted by Gasteiger charge is -2.27. The lowest BCUT2D eigenvalue weighted by Crippen LogP contribution is -2.36. The van der Waals surface area contributed by atoms with Crippen molar-refractivity contribution in [3.8, 4) is 0 Å². The van der Waals surface area contributed by atoms with Gasteiger partial charge in [-0.2, -0.15) is 0 Å². The summed E-state index contributed by atoms with van der Waals surface area (Å²) in [6.07, 6.45) is 3.53. The second-order valence-electron chi connectivity index (χ2n) is 6.18. The van der Waals surface area contributed by atoms with Crippen molar-refractivity contribution < 1.29 is 4.79 Å². The van der Waals surface area contributed by atoms with E-state index in [0.717, 1.165) is 13.0 Å². The van der Waals surface area contributed by atoms with Gasteiger partial charge in [0.25, 0.3) is 0 Å². The minimum Gasteiger partial charge on any atom is -0.364 e. The molecule has 1 aliphatic rings. The van der Waals surface area contributed by atoms with Crippen LogP contribution < -0.4 is 4.90 Å². The molecule has 0 aromatic heterocycles. The fourth-order valence-corrected chi connectivity index (χ4v) is 2.34. The summed E-state index contributed by atoms with van der Waals surface area (Å²) in [5.74, 6) is 0.319. The minimum absolute atomic E-state index is 0.249. The molecule has 1 aliphatic heterocycles. The maximum atomic E-state index is 12.2. The molecule has 0 amide bonds. The quantitative estimate of drug-likeness (QED) is 0.795. The standard InChI is InChI=1S/C16H23NO/c1-16(2,3)15(18)12-17-11-7-6-9-13-8-4-5-10-14(13)17/h4-5,8,10H,6-7,9,11-12H2,1-3H3. The van der Waals surface area contributed by atoms with Gasteiger partial charge in [0.05, 0.1) is 6.54 Å². The van der Waals surface area contributed by atoms with Gasteiger partial charge in [-0.1, -0.05) is 39.0 Å². The molecule has 0 saturated heterocycles. The molecular weight excluding hydrogens is 222 g/mol. The van der Waals surface area contributed by atoms with E-state index >= 15 is 0 Å². The zero-order chi connectivity index (χ0) is 13.2. The van der Waals surface area contributed by atoms with Gasteiger partial charge in [-0.05, 0) is 30.9 Å². The Morgan fingerprint density at radius 3 is 2.67 bits per heavy atom. The summed E-state index contributed by atoms with van der Waals surface area (Å²) < 4.78 is 0. The number of benzene rings is 1. The molecule has 2 rings (SSSR count). The predicted molar refractivity (Wildman–Crippen MR) is 76.1 cm³/mol. The predicted octanol–water partition coefficient (Wildman–Crippen LogP) is 3.44. The number of hydrogen-bond acceptors (Lipinski definition) is 2. The van der Waals surface area contributed by atoms with Gasteiger partial charge >= 0.3 is 0 Å². The van der Waals surface area contributed by atoms with Crippen LogP contribution in [0.2, 0.25) is 0 Å². The normalized spacial score (nSPS) is 16.1. The Balaban J connectivity index is 2.21. The molecule has 0 bridgehead atoms. The van der Waals surface area contributed by atoms with Gasteiger partial charge in [0.1, 0.15) is 0 Å². The van der Waals surface area contributed by atoms with Crippen molar-refractivity contribution in [1.29, 1.82) is 0 Å². The summed E-state index contributed by atoms with van der Waals surface area (Å²) in [4.78, 5) is 14.5. The Hall–Kier alpha value is -1.31. The van der Waals surface area contributed by atoms with Crippen molar-refractivity contribution in [2.45, 2.75) is 40.0 Å². The van der Waals surface area contributed by atoms with E-state index < -0.39 is 0 Å². The Labute approximate surface area is 110 Å². The number of para-hydroxylation sites is 1. The van der Waals surface area contributed by atoms with Crippen molar-refractivity contribution in [3.63, 3.8) is 0 Å². The molecule has 0 aliphatic carbocycles. The van der Waals surface area contributed by atoms with E-state index in [4.69, 9.17) is 0 Å². The van der Waals surface area contributed by atoms with Crippen LogP contribution in [0, 0.1) is 5.41 Å². The van der Waals surface area contributed by atoms with Gasteiger partial charge in [0.2, 0.25) is 0 Å². The van der Waals surface area contributed by atoms with E-state index in [1.807, 2.05) is 20.8 Å². The lowest BCUT2D eigenvalue weighted by molar-refractivity contribution is -0.124. The van der Waals surface area contributed by atoms with Gasteiger partial charge in [0, 0.05) is 17.6 Å². The van der Waals surface area contributed by atoms with Crippen LogP contribution >= 0.6 is 0 Å². The SMILES string of the molecule is CC(C)(C)C(=O)CN1CCCCc2ccccc21. The number of carbonyl (C=O) groups is 1. The van der Waals surface area contributed by atoms with Crippen LogP contribution in [-0.4, -0.2) is 18.9 Å². The second-order valence-corrected chi connectivity index (χ2v) is 6.18. The number of nitrogens with zero attached hydrogens (tertiary/aromatic N) is 1. The fraction of sp³-hybridized carbons (Fsp3) is 0.562. The van der Waals surface area contributed by atoms with Gasteiger partial charge in [-0.15, -0.1) is 0 Å².